The summed E-state index contributed by atoms with van der Waals surface area (Å²) in [6.45, 7) is 12.7. The first-order chi connectivity index (χ1) is 8.13. The highest BCUT2D eigenvalue weighted by molar-refractivity contribution is 4.66. The summed E-state index contributed by atoms with van der Waals surface area (Å²) >= 11 is 0. The van der Waals surface area contributed by atoms with Crippen molar-refractivity contribution < 1.29 is 0 Å². The molecule has 3 nitrogen and oxygen atoms in total. The predicted molar refractivity (Wildman–Crippen MR) is 77.7 cm³/mol. The Morgan fingerprint density at radius 1 is 0.882 bits per heavy atom. The third kappa shape index (κ3) is 9.57. The molecule has 0 radical (unpaired) electrons. The van der Waals surface area contributed by atoms with Crippen LogP contribution >= 0.6 is 0 Å². The van der Waals surface area contributed by atoms with E-state index in [1.54, 1.807) is 0 Å². The Morgan fingerprint density at radius 3 is 2.00 bits per heavy atom. The highest BCUT2D eigenvalue weighted by Crippen LogP contribution is 1.96. The van der Waals surface area contributed by atoms with Gasteiger partial charge in [-0.15, -0.1) is 0 Å². The van der Waals surface area contributed by atoms with Crippen LogP contribution in [0.5, 0.6) is 0 Å². The molecule has 0 unspecified atom stereocenters. The fraction of sp³-hybridized carbons (Fsp3) is 1.00. The first-order valence-corrected chi connectivity index (χ1v) is 7.24. The molecule has 17 heavy (non-hydrogen) atoms. The largest absolute Gasteiger partial charge is 0.313 e. The Hall–Kier alpha value is -0.120. The van der Waals surface area contributed by atoms with Crippen molar-refractivity contribution in [1.29, 1.82) is 0 Å². The van der Waals surface area contributed by atoms with Gasteiger partial charge in [-0.05, 0) is 39.9 Å². The summed E-state index contributed by atoms with van der Waals surface area (Å²) < 4.78 is 0. The molecular weight excluding hydrogens is 210 g/mol. The highest BCUT2D eigenvalue weighted by Gasteiger charge is 2.06. The average molecular weight is 243 g/mol. The van der Waals surface area contributed by atoms with E-state index in [0.717, 1.165) is 13.1 Å². The molecule has 0 aromatic rings. The number of rotatable bonds is 11. The highest BCUT2D eigenvalue weighted by atomic mass is 15.2. The third-order valence-electron chi connectivity index (χ3n) is 3.25. The van der Waals surface area contributed by atoms with Crippen LogP contribution in [0.4, 0.5) is 0 Å². The molecule has 0 aliphatic carbocycles. The van der Waals surface area contributed by atoms with Crippen molar-refractivity contribution in [3.05, 3.63) is 0 Å². The summed E-state index contributed by atoms with van der Waals surface area (Å²) in [7, 11) is 4.29. The van der Waals surface area contributed by atoms with Gasteiger partial charge in [-0.3, -0.25) is 0 Å². The van der Waals surface area contributed by atoms with Crippen LogP contribution in [-0.2, 0) is 0 Å². The zero-order valence-electron chi connectivity index (χ0n) is 12.6. The summed E-state index contributed by atoms with van der Waals surface area (Å²) in [5.74, 6) is 0. The lowest BCUT2D eigenvalue weighted by Gasteiger charge is -2.25. The van der Waals surface area contributed by atoms with Gasteiger partial charge in [-0.2, -0.15) is 0 Å². The second-order valence-electron chi connectivity index (χ2n) is 5.11. The van der Waals surface area contributed by atoms with Gasteiger partial charge >= 0.3 is 0 Å². The van der Waals surface area contributed by atoms with Gasteiger partial charge in [0.05, 0.1) is 0 Å². The summed E-state index contributed by atoms with van der Waals surface area (Å²) in [6.07, 6.45) is 3.72. The zero-order chi connectivity index (χ0) is 13.1. The van der Waals surface area contributed by atoms with Crippen molar-refractivity contribution in [2.45, 2.75) is 46.1 Å². The topological polar surface area (TPSA) is 18.5 Å². The lowest BCUT2D eigenvalue weighted by molar-refractivity contribution is 0.237. The number of nitrogens with one attached hydrogen (secondary N) is 1. The van der Waals surface area contributed by atoms with E-state index in [0.29, 0.717) is 6.04 Å². The second kappa shape index (κ2) is 11.0. The summed E-state index contributed by atoms with van der Waals surface area (Å²) in [4.78, 5) is 4.83. The Kier molecular flexibility index (Phi) is 10.9. The Labute approximate surface area is 109 Å². The fourth-order valence-electron chi connectivity index (χ4n) is 2.00. The number of hydrogen-bond acceptors (Lipinski definition) is 3. The normalized spacial score (nSPS) is 12.0. The molecule has 0 amide bonds. The minimum absolute atomic E-state index is 0.701. The maximum absolute atomic E-state index is 3.64. The summed E-state index contributed by atoms with van der Waals surface area (Å²) in [5.41, 5.74) is 0. The minimum atomic E-state index is 0.701. The minimum Gasteiger partial charge on any atom is -0.313 e. The van der Waals surface area contributed by atoms with Crippen LogP contribution in [0.25, 0.3) is 0 Å². The monoisotopic (exact) mass is 243 g/mol. The number of hydrogen-bond donors (Lipinski definition) is 1. The van der Waals surface area contributed by atoms with E-state index in [1.807, 2.05) is 0 Å². The van der Waals surface area contributed by atoms with E-state index in [-0.39, 0.29) is 0 Å². The first-order valence-electron chi connectivity index (χ1n) is 7.24. The van der Waals surface area contributed by atoms with Crippen LogP contribution < -0.4 is 5.32 Å². The van der Waals surface area contributed by atoms with E-state index in [1.165, 1.54) is 38.9 Å². The fourth-order valence-corrected chi connectivity index (χ4v) is 2.00. The van der Waals surface area contributed by atoms with Crippen LogP contribution in [0.2, 0.25) is 0 Å². The van der Waals surface area contributed by atoms with Crippen molar-refractivity contribution in [1.82, 2.24) is 15.1 Å². The van der Waals surface area contributed by atoms with Crippen LogP contribution in [0.15, 0.2) is 0 Å². The second-order valence-corrected chi connectivity index (χ2v) is 5.11. The van der Waals surface area contributed by atoms with E-state index in [4.69, 9.17) is 0 Å². The van der Waals surface area contributed by atoms with Crippen LogP contribution in [-0.4, -0.2) is 62.7 Å². The molecule has 0 saturated heterocycles. The van der Waals surface area contributed by atoms with Crippen LogP contribution in [0.3, 0.4) is 0 Å². The molecule has 0 rings (SSSR count). The Balaban J connectivity index is 3.75. The van der Waals surface area contributed by atoms with E-state index >= 15 is 0 Å². The molecule has 3 heteroatoms. The molecule has 104 valence electrons. The lowest BCUT2D eigenvalue weighted by atomic mass is 10.2. The molecule has 0 aromatic carbocycles. The lowest BCUT2D eigenvalue weighted by Crippen LogP contribution is -2.39. The molecule has 0 aliphatic heterocycles. The predicted octanol–water partition coefficient (Wildman–Crippen LogP) is 2.04. The van der Waals surface area contributed by atoms with Gasteiger partial charge in [0.1, 0.15) is 0 Å². The Morgan fingerprint density at radius 2 is 1.53 bits per heavy atom. The first kappa shape index (κ1) is 16.9. The molecule has 0 bridgehead atoms. The SMILES string of the molecule is CCCN(CCNC(CC)CC)CCN(C)C. The van der Waals surface area contributed by atoms with Gasteiger partial charge in [-0.25, -0.2) is 0 Å². The molecule has 0 atom stereocenters. The van der Waals surface area contributed by atoms with Gasteiger partial charge in [0.2, 0.25) is 0 Å². The molecule has 0 fully saturated rings. The molecule has 0 aromatic heterocycles. The Bertz CT molecular complexity index is 156. The standard InChI is InChI=1S/C14H33N3/c1-6-10-17(13-12-16(4)5)11-9-15-14(7-2)8-3/h14-15H,6-13H2,1-5H3. The molecular formula is C14H33N3. The quantitative estimate of drug-likeness (QED) is 0.599. The maximum Gasteiger partial charge on any atom is 0.0110 e. The zero-order valence-corrected chi connectivity index (χ0v) is 12.6. The van der Waals surface area contributed by atoms with Gasteiger partial charge < -0.3 is 15.1 Å². The molecule has 0 saturated carbocycles. The van der Waals surface area contributed by atoms with Gasteiger partial charge in [-0.1, -0.05) is 20.8 Å². The van der Waals surface area contributed by atoms with Gasteiger partial charge in [0.25, 0.3) is 0 Å². The van der Waals surface area contributed by atoms with Gasteiger partial charge in [0, 0.05) is 32.2 Å². The number of nitrogens with zero attached hydrogens (tertiary/aromatic N) is 2. The van der Waals surface area contributed by atoms with E-state index in [2.05, 4.69) is 50.0 Å². The van der Waals surface area contributed by atoms with E-state index in [9.17, 15) is 0 Å². The van der Waals surface area contributed by atoms with Crippen molar-refractivity contribution in [3.8, 4) is 0 Å². The molecule has 0 aliphatic rings. The van der Waals surface area contributed by atoms with Crippen molar-refractivity contribution >= 4 is 0 Å². The summed E-state index contributed by atoms with van der Waals surface area (Å²) in [5, 5.41) is 3.64. The molecule has 1 N–H and O–H groups in total. The van der Waals surface area contributed by atoms with Crippen molar-refractivity contribution in [3.63, 3.8) is 0 Å². The van der Waals surface area contributed by atoms with Crippen molar-refractivity contribution in [2.24, 2.45) is 0 Å². The summed E-state index contributed by atoms with van der Waals surface area (Å²) in [6, 6.07) is 0.701. The number of likely N-dealkylation sites (N-methyl/N-ethyl adjacent to an activating group) is 1. The smallest absolute Gasteiger partial charge is 0.0110 e. The third-order valence-corrected chi connectivity index (χ3v) is 3.25. The maximum atomic E-state index is 3.64. The average Bonchev–Trinajstić information content (AvgIpc) is 2.31. The molecule has 0 spiro atoms. The van der Waals surface area contributed by atoms with Crippen molar-refractivity contribution in [2.75, 3.05) is 46.8 Å². The van der Waals surface area contributed by atoms with Gasteiger partial charge in [0.15, 0.2) is 0 Å². The van der Waals surface area contributed by atoms with Crippen LogP contribution in [0, 0.1) is 0 Å². The van der Waals surface area contributed by atoms with Crippen LogP contribution in [0.1, 0.15) is 40.0 Å². The van der Waals surface area contributed by atoms with E-state index < -0.39 is 0 Å². The molecule has 0 heterocycles.